The number of hydrogen-bond donors (Lipinski definition) is 2. The van der Waals surface area contributed by atoms with E-state index in [9.17, 15) is 13.2 Å². The van der Waals surface area contributed by atoms with E-state index in [0.29, 0.717) is 17.3 Å². The van der Waals surface area contributed by atoms with Crippen molar-refractivity contribution in [1.29, 1.82) is 0 Å². The van der Waals surface area contributed by atoms with Crippen LogP contribution in [0.5, 0.6) is 5.75 Å². The number of hydrogen-bond acceptors (Lipinski definition) is 5. The van der Waals surface area contributed by atoms with Gasteiger partial charge in [-0.05, 0) is 42.5 Å². The lowest BCUT2D eigenvalue weighted by atomic mass is 10.2. The molecule has 0 saturated heterocycles. The Morgan fingerprint density at radius 1 is 0.923 bits per heavy atom. The number of para-hydroxylation sites is 2. The molecule has 3 rings (SSSR count). The van der Waals surface area contributed by atoms with Crippen LogP contribution in [-0.4, -0.2) is 17.1 Å². The minimum absolute atomic E-state index is 0.254. The summed E-state index contributed by atoms with van der Waals surface area (Å²) in [7, 11) is 1.57. The molecule has 0 atom stereocenters. The van der Waals surface area contributed by atoms with Gasteiger partial charge < -0.3 is 15.4 Å². The molecule has 0 fully saturated rings. The van der Waals surface area contributed by atoms with E-state index in [1.807, 2.05) is 24.3 Å². The third kappa shape index (κ3) is 4.21. The fourth-order valence-corrected chi connectivity index (χ4v) is 2.25. The summed E-state index contributed by atoms with van der Waals surface area (Å²) in [5.74, 6) is 1.42. The number of anilines is 4. The fraction of sp³-hybridized carbons (Fsp3) is 0.111. The van der Waals surface area contributed by atoms with Crippen LogP contribution in [0, 0.1) is 0 Å². The van der Waals surface area contributed by atoms with E-state index in [1.165, 1.54) is 18.3 Å². The van der Waals surface area contributed by atoms with Gasteiger partial charge in [-0.25, -0.2) is 4.98 Å². The third-order valence-electron chi connectivity index (χ3n) is 3.49. The number of methoxy groups -OCH3 is 1. The van der Waals surface area contributed by atoms with Crippen LogP contribution >= 0.6 is 0 Å². The number of alkyl halides is 3. The van der Waals surface area contributed by atoms with E-state index in [-0.39, 0.29) is 5.95 Å². The van der Waals surface area contributed by atoms with Crippen molar-refractivity contribution in [2.75, 3.05) is 17.7 Å². The van der Waals surface area contributed by atoms with E-state index >= 15 is 0 Å². The van der Waals surface area contributed by atoms with Crippen molar-refractivity contribution in [3.05, 3.63) is 66.4 Å². The number of halogens is 3. The lowest BCUT2D eigenvalue weighted by molar-refractivity contribution is -0.137. The Balaban J connectivity index is 1.75. The first-order valence-corrected chi connectivity index (χ1v) is 7.63. The SMILES string of the molecule is COc1ccccc1Nc1ccnc(Nc2ccc(C(F)(F)F)cc2)n1. The first-order chi connectivity index (χ1) is 12.5. The van der Waals surface area contributed by atoms with Gasteiger partial charge in [0.2, 0.25) is 5.95 Å². The second-order valence-corrected chi connectivity index (χ2v) is 5.29. The molecule has 0 radical (unpaired) electrons. The Morgan fingerprint density at radius 3 is 2.35 bits per heavy atom. The Hall–Kier alpha value is -3.29. The molecule has 1 aromatic heterocycles. The summed E-state index contributed by atoms with van der Waals surface area (Å²) in [6.07, 6.45) is -2.83. The summed E-state index contributed by atoms with van der Waals surface area (Å²) in [5, 5.41) is 5.99. The van der Waals surface area contributed by atoms with Gasteiger partial charge in [-0.1, -0.05) is 12.1 Å². The van der Waals surface area contributed by atoms with Gasteiger partial charge >= 0.3 is 6.18 Å². The molecule has 1 heterocycles. The molecule has 0 bridgehead atoms. The second kappa shape index (κ2) is 7.30. The Labute approximate surface area is 147 Å². The standard InChI is InChI=1S/C18H15F3N4O/c1-26-15-5-3-2-4-14(15)24-16-10-11-22-17(25-16)23-13-8-6-12(7-9-13)18(19,20)21/h2-11H,1H3,(H2,22,23,24,25). The maximum absolute atomic E-state index is 12.6. The van der Waals surface area contributed by atoms with Gasteiger partial charge in [0.15, 0.2) is 0 Å². The van der Waals surface area contributed by atoms with Crippen LogP contribution in [-0.2, 0) is 6.18 Å². The molecular weight excluding hydrogens is 345 g/mol. The Kier molecular flexibility index (Phi) is 4.92. The molecule has 0 saturated carbocycles. The van der Waals surface area contributed by atoms with Crippen LogP contribution in [0.2, 0.25) is 0 Å². The first kappa shape index (κ1) is 17.5. The first-order valence-electron chi connectivity index (χ1n) is 7.63. The molecule has 26 heavy (non-hydrogen) atoms. The van der Waals surface area contributed by atoms with Gasteiger partial charge in [0.25, 0.3) is 0 Å². The van der Waals surface area contributed by atoms with Crippen molar-refractivity contribution in [2.24, 2.45) is 0 Å². The normalized spacial score (nSPS) is 11.1. The minimum atomic E-state index is -4.37. The highest BCUT2D eigenvalue weighted by Gasteiger charge is 2.29. The Morgan fingerprint density at radius 2 is 1.65 bits per heavy atom. The largest absolute Gasteiger partial charge is 0.495 e. The highest BCUT2D eigenvalue weighted by atomic mass is 19.4. The predicted molar refractivity (Wildman–Crippen MR) is 93.0 cm³/mol. The summed E-state index contributed by atoms with van der Waals surface area (Å²) in [6.45, 7) is 0. The fourth-order valence-electron chi connectivity index (χ4n) is 2.25. The van der Waals surface area contributed by atoms with Crippen LogP contribution in [0.4, 0.5) is 36.3 Å². The van der Waals surface area contributed by atoms with Crippen LogP contribution in [0.15, 0.2) is 60.8 Å². The van der Waals surface area contributed by atoms with Gasteiger partial charge in [0.1, 0.15) is 11.6 Å². The molecule has 2 N–H and O–H groups in total. The molecule has 8 heteroatoms. The van der Waals surface area contributed by atoms with Gasteiger partial charge in [0.05, 0.1) is 18.4 Å². The molecule has 2 aromatic carbocycles. The van der Waals surface area contributed by atoms with Crippen molar-refractivity contribution in [3.8, 4) is 5.75 Å². The van der Waals surface area contributed by atoms with Crippen molar-refractivity contribution in [1.82, 2.24) is 9.97 Å². The lowest BCUT2D eigenvalue weighted by Crippen LogP contribution is -2.05. The van der Waals surface area contributed by atoms with E-state index in [0.717, 1.165) is 17.8 Å². The summed E-state index contributed by atoms with van der Waals surface area (Å²) in [4.78, 5) is 8.37. The zero-order chi connectivity index (χ0) is 18.6. The Bertz CT molecular complexity index is 882. The van der Waals surface area contributed by atoms with Crippen LogP contribution in [0.1, 0.15) is 5.56 Å². The average Bonchev–Trinajstić information content (AvgIpc) is 2.62. The number of rotatable bonds is 5. The lowest BCUT2D eigenvalue weighted by Gasteiger charge is -2.11. The van der Waals surface area contributed by atoms with E-state index in [2.05, 4.69) is 20.6 Å². The molecule has 0 spiro atoms. The van der Waals surface area contributed by atoms with Gasteiger partial charge in [-0.3, -0.25) is 0 Å². The maximum Gasteiger partial charge on any atom is 0.416 e. The monoisotopic (exact) mass is 360 g/mol. The number of aromatic nitrogens is 2. The molecule has 0 aliphatic rings. The molecule has 5 nitrogen and oxygen atoms in total. The van der Waals surface area contributed by atoms with Crippen LogP contribution < -0.4 is 15.4 Å². The van der Waals surface area contributed by atoms with Crippen molar-refractivity contribution in [2.45, 2.75) is 6.18 Å². The zero-order valence-corrected chi connectivity index (χ0v) is 13.7. The van der Waals surface area contributed by atoms with Gasteiger partial charge in [-0.15, -0.1) is 0 Å². The number of nitrogens with zero attached hydrogens (tertiary/aromatic N) is 2. The van der Waals surface area contributed by atoms with Crippen molar-refractivity contribution in [3.63, 3.8) is 0 Å². The van der Waals surface area contributed by atoms with Crippen molar-refractivity contribution < 1.29 is 17.9 Å². The molecular formula is C18H15F3N4O. The smallest absolute Gasteiger partial charge is 0.416 e. The second-order valence-electron chi connectivity index (χ2n) is 5.29. The zero-order valence-electron chi connectivity index (χ0n) is 13.7. The molecule has 0 aliphatic heterocycles. The van der Waals surface area contributed by atoms with E-state index < -0.39 is 11.7 Å². The summed E-state index contributed by atoms with van der Waals surface area (Å²) in [6, 6.07) is 13.7. The summed E-state index contributed by atoms with van der Waals surface area (Å²) >= 11 is 0. The van der Waals surface area contributed by atoms with E-state index in [4.69, 9.17) is 4.74 Å². The summed E-state index contributed by atoms with van der Waals surface area (Å²) < 4.78 is 43.1. The van der Waals surface area contributed by atoms with Crippen LogP contribution in [0.25, 0.3) is 0 Å². The third-order valence-corrected chi connectivity index (χ3v) is 3.49. The highest BCUT2D eigenvalue weighted by Crippen LogP contribution is 2.30. The number of benzene rings is 2. The molecule has 0 aliphatic carbocycles. The molecule has 0 unspecified atom stereocenters. The van der Waals surface area contributed by atoms with Crippen LogP contribution in [0.3, 0.4) is 0 Å². The quantitative estimate of drug-likeness (QED) is 0.671. The molecule has 134 valence electrons. The van der Waals surface area contributed by atoms with E-state index in [1.54, 1.807) is 13.2 Å². The minimum Gasteiger partial charge on any atom is -0.495 e. The van der Waals surface area contributed by atoms with Gasteiger partial charge in [0, 0.05) is 11.9 Å². The molecule has 0 amide bonds. The molecule has 3 aromatic rings. The van der Waals surface area contributed by atoms with Crippen molar-refractivity contribution >= 4 is 23.1 Å². The van der Waals surface area contributed by atoms with Gasteiger partial charge in [-0.2, -0.15) is 18.2 Å². The maximum atomic E-state index is 12.6. The highest BCUT2D eigenvalue weighted by molar-refractivity contribution is 5.65. The topological polar surface area (TPSA) is 59.1 Å². The average molecular weight is 360 g/mol. The number of nitrogens with one attached hydrogen (secondary N) is 2. The number of ether oxygens (including phenoxy) is 1. The summed E-state index contributed by atoms with van der Waals surface area (Å²) in [5.41, 5.74) is 0.470. The predicted octanol–water partition coefficient (Wildman–Crippen LogP) is 4.99.